The lowest BCUT2D eigenvalue weighted by Gasteiger charge is -2.18. The summed E-state index contributed by atoms with van der Waals surface area (Å²) < 4.78 is 0. The van der Waals surface area contributed by atoms with Gasteiger partial charge >= 0.3 is 12.0 Å². The summed E-state index contributed by atoms with van der Waals surface area (Å²) in [5, 5.41) is 22.7. The van der Waals surface area contributed by atoms with Crippen molar-refractivity contribution in [2.45, 2.75) is 19.9 Å². The molecule has 106 valence electrons. The van der Waals surface area contributed by atoms with Gasteiger partial charge in [0.1, 0.15) is 6.04 Å². The molecule has 3 N–H and O–H groups in total. The number of rotatable bonds is 4. The molecule has 0 aliphatic rings. The molecule has 1 rings (SSSR count). The van der Waals surface area contributed by atoms with E-state index in [0.717, 1.165) is 0 Å². The molecular weight excluding hydrogens is 282 g/mol. The van der Waals surface area contributed by atoms with E-state index in [9.17, 15) is 9.59 Å². The molecule has 7 heteroatoms. The highest BCUT2D eigenvalue weighted by Gasteiger charge is 2.23. The fraction of sp³-hybridized carbons (Fsp3) is 0.308. The zero-order valence-corrected chi connectivity index (χ0v) is 11.7. The molecule has 1 unspecified atom stereocenters. The minimum Gasteiger partial charge on any atom is -0.480 e. The number of nitrogens with one attached hydrogen (secondary N) is 2. The minimum absolute atomic E-state index is 0.204. The van der Waals surface area contributed by atoms with Crippen LogP contribution in [0.1, 0.15) is 19.4 Å². The van der Waals surface area contributed by atoms with Gasteiger partial charge in [-0.3, -0.25) is 0 Å². The van der Waals surface area contributed by atoms with Crippen molar-refractivity contribution in [3.8, 4) is 6.07 Å². The number of nitriles is 1. The molecule has 1 aromatic rings. The summed E-state index contributed by atoms with van der Waals surface area (Å²) in [5.74, 6) is -1.37. The third kappa shape index (κ3) is 4.14. The summed E-state index contributed by atoms with van der Waals surface area (Å²) >= 11 is 5.90. The zero-order valence-electron chi connectivity index (χ0n) is 11.0. The lowest BCUT2D eigenvalue weighted by molar-refractivity contribution is -0.140. The van der Waals surface area contributed by atoms with Crippen molar-refractivity contribution in [3.05, 3.63) is 28.8 Å². The standard InChI is InChI=1S/C13H14ClN3O3/c1-7(2)11(12(18)19)17-13(20)16-10-4-3-8(6-15)5-9(10)14/h3-5,7,11H,1-2H3,(H,18,19)(H2,16,17,20). The molecule has 0 fully saturated rings. The Labute approximate surface area is 121 Å². The summed E-state index contributed by atoms with van der Waals surface area (Å²) in [4.78, 5) is 22.7. The van der Waals surface area contributed by atoms with Gasteiger partial charge in [0.05, 0.1) is 22.3 Å². The molecule has 0 radical (unpaired) electrons. The number of hydrogen-bond acceptors (Lipinski definition) is 3. The Morgan fingerprint density at radius 3 is 2.50 bits per heavy atom. The van der Waals surface area contributed by atoms with Crippen molar-refractivity contribution in [1.29, 1.82) is 5.26 Å². The van der Waals surface area contributed by atoms with Crippen LogP contribution in [0.15, 0.2) is 18.2 Å². The summed E-state index contributed by atoms with van der Waals surface area (Å²) in [7, 11) is 0. The third-order valence-corrected chi connectivity index (χ3v) is 2.88. The fourth-order valence-corrected chi connectivity index (χ4v) is 1.73. The van der Waals surface area contributed by atoms with Gasteiger partial charge in [-0.25, -0.2) is 9.59 Å². The average molecular weight is 296 g/mol. The largest absolute Gasteiger partial charge is 0.480 e. The van der Waals surface area contributed by atoms with Gasteiger partial charge in [-0.05, 0) is 24.1 Å². The first-order valence-corrected chi connectivity index (χ1v) is 6.23. The van der Waals surface area contributed by atoms with Gasteiger partial charge in [0.15, 0.2) is 0 Å². The lowest BCUT2D eigenvalue weighted by atomic mass is 10.1. The predicted octanol–water partition coefficient (Wildman–Crippen LogP) is 2.44. The number of carbonyl (C=O) groups excluding carboxylic acids is 1. The number of nitrogens with zero attached hydrogens (tertiary/aromatic N) is 1. The van der Waals surface area contributed by atoms with Crippen LogP contribution in [-0.4, -0.2) is 23.1 Å². The lowest BCUT2D eigenvalue weighted by Crippen LogP contribution is -2.46. The maximum Gasteiger partial charge on any atom is 0.326 e. The van der Waals surface area contributed by atoms with Gasteiger partial charge in [0.2, 0.25) is 0 Å². The Bertz CT molecular complexity index is 566. The van der Waals surface area contributed by atoms with E-state index in [1.165, 1.54) is 18.2 Å². The van der Waals surface area contributed by atoms with Crippen LogP contribution in [0.3, 0.4) is 0 Å². The summed E-state index contributed by atoms with van der Waals surface area (Å²) in [5.41, 5.74) is 0.669. The highest BCUT2D eigenvalue weighted by Crippen LogP contribution is 2.22. The Hall–Kier alpha value is -2.26. The molecule has 0 bridgehead atoms. The van der Waals surface area contributed by atoms with Crippen LogP contribution in [0, 0.1) is 17.2 Å². The summed E-state index contributed by atoms with van der Waals surface area (Å²) in [6.45, 7) is 3.38. The van der Waals surface area contributed by atoms with E-state index in [1.54, 1.807) is 13.8 Å². The van der Waals surface area contributed by atoms with Gasteiger partial charge in [0, 0.05) is 0 Å². The first-order valence-electron chi connectivity index (χ1n) is 5.85. The second-order valence-electron chi connectivity index (χ2n) is 4.46. The smallest absolute Gasteiger partial charge is 0.326 e. The van der Waals surface area contributed by atoms with Crippen LogP contribution in [0.2, 0.25) is 5.02 Å². The molecule has 20 heavy (non-hydrogen) atoms. The second-order valence-corrected chi connectivity index (χ2v) is 4.87. The van der Waals surface area contributed by atoms with Gasteiger partial charge in [-0.1, -0.05) is 25.4 Å². The van der Waals surface area contributed by atoms with E-state index in [-0.39, 0.29) is 10.9 Å². The SMILES string of the molecule is CC(C)C(NC(=O)Nc1ccc(C#N)cc1Cl)C(=O)O. The number of benzene rings is 1. The van der Waals surface area contributed by atoms with E-state index >= 15 is 0 Å². The molecule has 1 atom stereocenters. The minimum atomic E-state index is -1.11. The average Bonchev–Trinajstić information content (AvgIpc) is 2.37. The summed E-state index contributed by atoms with van der Waals surface area (Å²) in [6.07, 6.45) is 0. The van der Waals surface area contributed by atoms with Gasteiger partial charge in [-0.15, -0.1) is 0 Å². The van der Waals surface area contributed by atoms with Crippen molar-refractivity contribution >= 4 is 29.3 Å². The molecule has 0 spiro atoms. The van der Waals surface area contributed by atoms with E-state index in [1.807, 2.05) is 6.07 Å². The number of urea groups is 1. The maximum atomic E-state index is 11.7. The highest BCUT2D eigenvalue weighted by atomic mass is 35.5. The third-order valence-electron chi connectivity index (χ3n) is 2.57. The number of carbonyl (C=O) groups is 2. The number of carboxylic acids is 1. The Balaban J connectivity index is 2.76. The summed E-state index contributed by atoms with van der Waals surface area (Å²) in [6, 6.07) is 4.65. The Kier molecular flexibility index (Phi) is 5.35. The van der Waals surface area contributed by atoms with Crippen LogP contribution < -0.4 is 10.6 Å². The van der Waals surface area contributed by atoms with Crippen LogP contribution in [0.25, 0.3) is 0 Å². The number of carboxylic acid groups (broad SMARTS) is 1. The Morgan fingerprint density at radius 1 is 1.40 bits per heavy atom. The zero-order chi connectivity index (χ0) is 15.3. The van der Waals surface area contributed by atoms with Crippen LogP contribution in [0.4, 0.5) is 10.5 Å². The quantitative estimate of drug-likeness (QED) is 0.794. The number of anilines is 1. The van der Waals surface area contributed by atoms with Gasteiger partial charge in [-0.2, -0.15) is 5.26 Å². The second kappa shape index (κ2) is 6.78. The first-order chi connectivity index (χ1) is 9.35. The molecular formula is C13H14ClN3O3. The van der Waals surface area contributed by atoms with Crippen LogP contribution >= 0.6 is 11.6 Å². The van der Waals surface area contributed by atoms with Gasteiger partial charge in [0.25, 0.3) is 0 Å². The molecule has 0 aromatic heterocycles. The topological polar surface area (TPSA) is 102 Å². The highest BCUT2D eigenvalue weighted by molar-refractivity contribution is 6.33. The predicted molar refractivity (Wildman–Crippen MR) is 74.6 cm³/mol. The molecule has 0 aliphatic heterocycles. The van der Waals surface area contributed by atoms with Crippen molar-refractivity contribution in [2.75, 3.05) is 5.32 Å². The van der Waals surface area contributed by atoms with Crippen molar-refractivity contribution in [3.63, 3.8) is 0 Å². The molecule has 6 nitrogen and oxygen atoms in total. The normalized spacial score (nSPS) is 11.6. The molecule has 1 aromatic carbocycles. The number of hydrogen-bond donors (Lipinski definition) is 3. The molecule has 2 amide bonds. The molecule has 0 aliphatic carbocycles. The number of aliphatic carboxylic acids is 1. The molecule has 0 saturated carbocycles. The van der Waals surface area contributed by atoms with Gasteiger partial charge < -0.3 is 15.7 Å². The molecule has 0 heterocycles. The Morgan fingerprint density at radius 2 is 2.05 bits per heavy atom. The van der Waals surface area contributed by atoms with E-state index < -0.39 is 18.0 Å². The van der Waals surface area contributed by atoms with Crippen molar-refractivity contribution in [2.24, 2.45) is 5.92 Å². The van der Waals surface area contributed by atoms with E-state index in [0.29, 0.717) is 11.3 Å². The van der Waals surface area contributed by atoms with Crippen LogP contribution in [0.5, 0.6) is 0 Å². The maximum absolute atomic E-state index is 11.7. The molecule has 0 saturated heterocycles. The fourth-order valence-electron chi connectivity index (χ4n) is 1.50. The van der Waals surface area contributed by atoms with E-state index in [2.05, 4.69) is 10.6 Å². The number of amides is 2. The number of halogens is 1. The van der Waals surface area contributed by atoms with E-state index in [4.69, 9.17) is 22.0 Å². The van der Waals surface area contributed by atoms with Crippen molar-refractivity contribution in [1.82, 2.24) is 5.32 Å². The first kappa shape index (κ1) is 15.8. The van der Waals surface area contributed by atoms with Crippen LogP contribution in [-0.2, 0) is 4.79 Å². The van der Waals surface area contributed by atoms with Crippen molar-refractivity contribution < 1.29 is 14.7 Å². The monoisotopic (exact) mass is 295 g/mol.